The van der Waals surface area contributed by atoms with Crippen LogP contribution in [0.4, 0.5) is 5.69 Å². The SMILES string of the molecule is CC(C(=O)N(CCN(C)C)c1ccccc1)C(N)c1ccccc1. The number of benzene rings is 2. The average Bonchev–Trinajstić information content (AvgIpc) is 2.62. The van der Waals surface area contributed by atoms with Gasteiger partial charge in [0.2, 0.25) is 5.91 Å². The minimum absolute atomic E-state index is 0.0550. The van der Waals surface area contributed by atoms with E-state index in [1.54, 1.807) is 0 Å². The summed E-state index contributed by atoms with van der Waals surface area (Å²) < 4.78 is 0. The Balaban J connectivity index is 2.20. The molecule has 0 aliphatic carbocycles. The van der Waals surface area contributed by atoms with Crippen LogP contribution in [0.1, 0.15) is 18.5 Å². The van der Waals surface area contributed by atoms with Gasteiger partial charge in [0.05, 0.1) is 5.92 Å². The van der Waals surface area contributed by atoms with Gasteiger partial charge < -0.3 is 15.5 Å². The molecule has 0 spiro atoms. The summed E-state index contributed by atoms with van der Waals surface area (Å²) in [6, 6.07) is 19.3. The summed E-state index contributed by atoms with van der Waals surface area (Å²) in [5, 5.41) is 0. The van der Waals surface area contributed by atoms with E-state index in [0.717, 1.165) is 17.8 Å². The maximum absolute atomic E-state index is 13.1. The zero-order valence-corrected chi connectivity index (χ0v) is 14.7. The second-order valence-electron chi connectivity index (χ2n) is 6.35. The molecule has 0 aliphatic rings. The third kappa shape index (κ3) is 4.66. The molecule has 2 aromatic rings. The fourth-order valence-corrected chi connectivity index (χ4v) is 2.64. The Kier molecular flexibility index (Phi) is 6.53. The molecule has 24 heavy (non-hydrogen) atoms. The van der Waals surface area contributed by atoms with Crippen LogP contribution in [0.2, 0.25) is 0 Å². The summed E-state index contributed by atoms with van der Waals surface area (Å²) in [4.78, 5) is 17.0. The van der Waals surface area contributed by atoms with E-state index in [1.165, 1.54) is 0 Å². The topological polar surface area (TPSA) is 49.6 Å². The molecule has 128 valence electrons. The normalized spacial score (nSPS) is 13.5. The number of carbonyl (C=O) groups excluding carboxylic acids is 1. The second-order valence-corrected chi connectivity index (χ2v) is 6.35. The highest BCUT2D eigenvalue weighted by atomic mass is 16.2. The van der Waals surface area contributed by atoms with E-state index in [-0.39, 0.29) is 17.9 Å². The Morgan fingerprint density at radius 1 is 0.958 bits per heavy atom. The fraction of sp³-hybridized carbons (Fsp3) is 0.350. The van der Waals surface area contributed by atoms with Gasteiger partial charge in [-0.2, -0.15) is 0 Å². The molecular formula is C20H27N3O. The summed E-state index contributed by atoms with van der Waals surface area (Å²) in [6.45, 7) is 3.35. The van der Waals surface area contributed by atoms with Crippen molar-refractivity contribution in [2.24, 2.45) is 11.7 Å². The number of likely N-dealkylation sites (N-methyl/N-ethyl adjacent to an activating group) is 1. The molecule has 0 bridgehead atoms. The van der Waals surface area contributed by atoms with Crippen molar-refractivity contribution in [3.8, 4) is 0 Å². The summed E-state index contributed by atoms with van der Waals surface area (Å²) in [7, 11) is 4.01. The number of hydrogen-bond donors (Lipinski definition) is 1. The summed E-state index contributed by atoms with van der Waals surface area (Å²) in [6.07, 6.45) is 0. The van der Waals surface area contributed by atoms with E-state index < -0.39 is 0 Å². The molecule has 2 aromatic carbocycles. The Bertz CT molecular complexity index is 628. The molecule has 2 N–H and O–H groups in total. The van der Waals surface area contributed by atoms with E-state index in [1.807, 2.05) is 86.6 Å². The Morgan fingerprint density at radius 2 is 1.50 bits per heavy atom. The van der Waals surface area contributed by atoms with Crippen LogP contribution in [0.5, 0.6) is 0 Å². The van der Waals surface area contributed by atoms with E-state index in [9.17, 15) is 4.79 Å². The minimum Gasteiger partial charge on any atom is -0.323 e. The molecule has 0 heterocycles. The van der Waals surface area contributed by atoms with E-state index in [0.29, 0.717) is 6.54 Å². The van der Waals surface area contributed by atoms with Crippen LogP contribution in [-0.2, 0) is 4.79 Å². The summed E-state index contributed by atoms with van der Waals surface area (Å²) in [5.41, 5.74) is 8.25. The molecule has 1 amide bonds. The van der Waals surface area contributed by atoms with Crippen molar-refractivity contribution in [2.75, 3.05) is 32.1 Å². The Hall–Kier alpha value is -2.17. The lowest BCUT2D eigenvalue weighted by atomic mass is 9.94. The lowest BCUT2D eigenvalue weighted by molar-refractivity contribution is -0.122. The van der Waals surface area contributed by atoms with Crippen molar-refractivity contribution in [1.82, 2.24) is 4.90 Å². The van der Waals surface area contributed by atoms with Gasteiger partial charge in [-0.15, -0.1) is 0 Å². The number of para-hydroxylation sites is 1. The number of nitrogens with two attached hydrogens (primary N) is 1. The van der Waals surface area contributed by atoms with Gasteiger partial charge in [-0.05, 0) is 31.8 Å². The number of rotatable bonds is 7. The molecule has 0 radical (unpaired) electrons. The largest absolute Gasteiger partial charge is 0.323 e. The van der Waals surface area contributed by atoms with Crippen LogP contribution < -0.4 is 10.6 Å². The number of carbonyl (C=O) groups is 1. The second kappa shape index (κ2) is 8.62. The lowest BCUT2D eigenvalue weighted by Gasteiger charge is -2.29. The average molecular weight is 325 g/mol. The first-order valence-corrected chi connectivity index (χ1v) is 8.32. The standard InChI is InChI=1S/C20H27N3O/c1-16(19(21)17-10-6-4-7-11-17)20(24)23(15-14-22(2)3)18-12-8-5-9-13-18/h4-13,16,19H,14-15,21H2,1-3H3. The lowest BCUT2D eigenvalue weighted by Crippen LogP contribution is -2.42. The molecule has 0 saturated carbocycles. The van der Waals surface area contributed by atoms with Gasteiger partial charge in [-0.3, -0.25) is 4.79 Å². The van der Waals surface area contributed by atoms with Crippen molar-refractivity contribution in [3.63, 3.8) is 0 Å². The maximum Gasteiger partial charge on any atom is 0.231 e. The van der Waals surface area contributed by atoms with Crippen molar-refractivity contribution in [1.29, 1.82) is 0 Å². The first-order chi connectivity index (χ1) is 11.5. The van der Waals surface area contributed by atoms with Crippen molar-refractivity contribution < 1.29 is 4.79 Å². The van der Waals surface area contributed by atoms with Crippen LogP contribution in [-0.4, -0.2) is 38.0 Å². The van der Waals surface area contributed by atoms with Gasteiger partial charge >= 0.3 is 0 Å². The van der Waals surface area contributed by atoms with Crippen LogP contribution >= 0.6 is 0 Å². The van der Waals surface area contributed by atoms with Crippen LogP contribution in [0, 0.1) is 5.92 Å². The molecule has 0 aromatic heterocycles. The van der Waals surface area contributed by atoms with Crippen molar-refractivity contribution in [2.45, 2.75) is 13.0 Å². The van der Waals surface area contributed by atoms with Gasteiger partial charge in [-0.1, -0.05) is 55.5 Å². The molecule has 2 atom stereocenters. The van der Waals surface area contributed by atoms with Crippen LogP contribution in [0.25, 0.3) is 0 Å². The van der Waals surface area contributed by atoms with E-state index in [2.05, 4.69) is 4.90 Å². The maximum atomic E-state index is 13.1. The number of hydrogen-bond acceptors (Lipinski definition) is 3. The smallest absolute Gasteiger partial charge is 0.231 e. The van der Waals surface area contributed by atoms with Crippen molar-refractivity contribution in [3.05, 3.63) is 66.2 Å². The van der Waals surface area contributed by atoms with Gasteiger partial charge in [0, 0.05) is 24.8 Å². The highest BCUT2D eigenvalue weighted by Gasteiger charge is 2.27. The molecular weight excluding hydrogens is 298 g/mol. The monoisotopic (exact) mass is 325 g/mol. The van der Waals surface area contributed by atoms with Crippen LogP contribution in [0.3, 0.4) is 0 Å². The zero-order valence-electron chi connectivity index (χ0n) is 14.7. The molecule has 0 fully saturated rings. The first-order valence-electron chi connectivity index (χ1n) is 8.32. The van der Waals surface area contributed by atoms with E-state index in [4.69, 9.17) is 5.73 Å². The Labute approximate surface area is 144 Å². The van der Waals surface area contributed by atoms with Crippen molar-refractivity contribution >= 4 is 11.6 Å². The third-order valence-electron chi connectivity index (χ3n) is 4.22. The minimum atomic E-state index is -0.315. The molecule has 0 saturated heterocycles. The first kappa shape index (κ1) is 18.2. The molecule has 4 heteroatoms. The van der Waals surface area contributed by atoms with Gasteiger partial charge in [0.25, 0.3) is 0 Å². The third-order valence-corrected chi connectivity index (χ3v) is 4.22. The molecule has 0 aliphatic heterocycles. The number of nitrogens with zero attached hydrogens (tertiary/aromatic N) is 2. The fourth-order valence-electron chi connectivity index (χ4n) is 2.64. The Morgan fingerprint density at radius 3 is 2.04 bits per heavy atom. The molecule has 4 nitrogen and oxygen atoms in total. The van der Waals surface area contributed by atoms with Crippen LogP contribution in [0.15, 0.2) is 60.7 Å². The van der Waals surface area contributed by atoms with E-state index >= 15 is 0 Å². The summed E-state index contributed by atoms with van der Waals surface area (Å²) in [5.74, 6) is -0.242. The van der Waals surface area contributed by atoms with Gasteiger partial charge in [0.1, 0.15) is 0 Å². The highest BCUT2D eigenvalue weighted by Crippen LogP contribution is 2.24. The zero-order chi connectivity index (χ0) is 17.5. The van der Waals surface area contributed by atoms with Gasteiger partial charge in [-0.25, -0.2) is 0 Å². The highest BCUT2D eigenvalue weighted by molar-refractivity contribution is 5.95. The molecule has 2 unspecified atom stereocenters. The predicted octanol–water partition coefficient (Wildman–Crippen LogP) is 2.92. The summed E-state index contributed by atoms with van der Waals surface area (Å²) >= 11 is 0. The predicted molar refractivity (Wildman–Crippen MR) is 99.9 cm³/mol. The number of amides is 1. The number of anilines is 1. The quantitative estimate of drug-likeness (QED) is 0.851. The van der Waals surface area contributed by atoms with Gasteiger partial charge in [0.15, 0.2) is 0 Å². The molecule has 2 rings (SSSR count).